The summed E-state index contributed by atoms with van der Waals surface area (Å²) in [4.78, 5) is 18.0. The van der Waals surface area contributed by atoms with E-state index in [-0.39, 0.29) is 5.91 Å². The third-order valence-corrected chi connectivity index (χ3v) is 2.93. The van der Waals surface area contributed by atoms with Crippen LogP contribution in [0.2, 0.25) is 0 Å². The van der Waals surface area contributed by atoms with Crippen molar-refractivity contribution in [2.24, 2.45) is 5.73 Å². The Kier molecular flexibility index (Phi) is 3.97. The molecule has 19 heavy (non-hydrogen) atoms. The van der Waals surface area contributed by atoms with Crippen LogP contribution in [0.1, 0.15) is 16.1 Å². The van der Waals surface area contributed by atoms with E-state index < -0.39 is 0 Å². The summed E-state index contributed by atoms with van der Waals surface area (Å²) in [6, 6.07) is 7.80. The molecule has 0 atom stereocenters. The van der Waals surface area contributed by atoms with Crippen LogP contribution in [0.4, 0.5) is 5.69 Å². The van der Waals surface area contributed by atoms with Crippen LogP contribution in [0, 0.1) is 6.92 Å². The summed E-state index contributed by atoms with van der Waals surface area (Å²) in [5.74, 6) is -0.124. The van der Waals surface area contributed by atoms with Gasteiger partial charge < -0.3 is 15.2 Å². The van der Waals surface area contributed by atoms with E-state index in [9.17, 15) is 4.79 Å². The minimum atomic E-state index is -0.124. The van der Waals surface area contributed by atoms with Gasteiger partial charge in [0.25, 0.3) is 5.91 Å². The quantitative estimate of drug-likeness (QED) is 0.902. The standard InChI is InChI=1S/C14H18N4O/c1-11-4-3-5-12(8-11)17(2)14(19)13-9-18(7-6-15)10-16-13/h3-5,8-10H,6-7,15H2,1-2H3. The highest BCUT2D eigenvalue weighted by Crippen LogP contribution is 2.16. The Morgan fingerprint density at radius 1 is 1.47 bits per heavy atom. The van der Waals surface area contributed by atoms with Crippen LogP contribution >= 0.6 is 0 Å². The Morgan fingerprint density at radius 3 is 2.95 bits per heavy atom. The molecule has 0 fully saturated rings. The number of hydrogen-bond donors (Lipinski definition) is 1. The molecule has 1 amide bonds. The van der Waals surface area contributed by atoms with Crippen LogP contribution in [0.5, 0.6) is 0 Å². The highest BCUT2D eigenvalue weighted by Gasteiger charge is 2.16. The lowest BCUT2D eigenvalue weighted by Gasteiger charge is -2.16. The number of aryl methyl sites for hydroxylation is 1. The minimum Gasteiger partial charge on any atom is -0.335 e. The lowest BCUT2D eigenvalue weighted by Crippen LogP contribution is -2.26. The molecule has 1 aromatic carbocycles. The smallest absolute Gasteiger partial charge is 0.278 e. The van der Waals surface area contributed by atoms with Crippen molar-refractivity contribution in [3.63, 3.8) is 0 Å². The Morgan fingerprint density at radius 2 is 2.26 bits per heavy atom. The van der Waals surface area contributed by atoms with Gasteiger partial charge in [-0.25, -0.2) is 4.98 Å². The lowest BCUT2D eigenvalue weighted by atomic mass is 10.2. The normalized spacial score (nSPS) is 10.5. The predicted molar refractivity (Wildman–Crippen MR) is 75.2 cm³/mol. The Balaban J connectivity index is 2.18. The number of anilines is 1. The average molecular weight is 258 g/mol. The molecular weight excluding hydrogens is 240 g/mol. The monoisotopic (exact) mass is 258 g/mol. The summed E-state index contributed by atoms with van der Waals surface area (Å²) >= 11 is 0. The molecule has 1 heterocycles. The van der Waals surface area contributed by atoms with Gasteiger partial charge in [0, 0.05) is 32.0 Å². The van der Waals surface area contributed by atoms with E-state index in [1.165, 1.54) is 0 Å². The number of aromatic nitrogens is 2. The van der Waals surface area contributed by atoms with Gasteiger partial charge >= 0.3 is 0 Å². The molecule has 0 bridgehead atoms. The summed E-state index contributed by atoms with van der Waals surface area (Å²) in [7, 11) is 1.75. The van der Waals surface area contributed by atoms with Gasteiger partial charge in [0.2, 0.25) is 0 Å². The first-order valence-corrected chi connectivity index (χ1v) is 6.18. The van der Waals surface area contributed by atoms with Gasteiger partial charge in [-0.2, -0.15) is 0 Å². The number of hydrogen-bond acceptors (Lipinski definition) is 3. The minimum absolute atomic E-state index is 0.124. The van der Waals surface area contributed by atoms with Crippen LogP contribution in [-0.4, -0.2) is 29.1 Å². The molecule has 0 unspecified atom stereocenters. The molecular formula is C14H18N4O. The third kappa shape index (κ3) is 3.00. The van der Waals surface area contributed by atoms with Crippen molar-refractivity contribution in [1.82, 2.24) is 9.55 Å². The lowest BCUT2D eigenvalue weighted by molar-refractivity contribution is 0.0988. The molecule has 0 spiro atoms. The number of nitrogens with two attached hydrogens (primary N) is 1. The fraction of sp³-hybridized carbons (Fsp3) is 0.286. The Labute approximate surface area is 112 Å². The molecule has 0 saturated carbocycles. The highest BCUT2D eigenvalue weighted by molar-refractivity contribution is 6.04. The van der Waals surface area contributed by atoms with Crippen molar-refractivity contribution in [2.75, 3.05) is 18.5 Å². The van der Waals surface area contributed by atoms with Gasteiger partial charge in [-0.05, 0) is 24.6 Å². The van der Waals surface area contributed by atoms with Crippen molar-refractivity contribution in [3.05, 3.63) is 48.0 Å². The Bertz CT molecular complexity index is 576. The van der Waals surface area contributed by atoms with Gasteiger partial charge in [0.15, 0.2) is 0 Å². The van der Waals surface area contributed by atoms with Crippen molar-refractivity contribution < 1.29 is 4.79 Å². The number of carbonyl (C=O) groups excluding carboxylic acids is 1. The van der Waals surface area contributed by atoms with E-state index in [4.69, 9.17) is 5.73 Å². The first-order valence-electron chi connectivity index (χ1n) is 6.18. The van der Waals surface area contributed by atoms with E-state index >= 15 is 0 Å². The van der Waals surface area contributed by atoms with E-state index in [1.54, 1.807) is 24.5 Å². The molecule has 2 aromatic rings. The van der Waals surface area contributed by atoms with E-state index in [1.807, 2.05) is 35.8 Å². The molecule has 0 radical (unpaired) electrons. The number of carbonyl (C=O) groups is 1. The summed E-state index contributed by atoms with van der Waals surface area (Å²) in [6.07, 6.45) is 3.35. The van der Waals surface area contributed by atoms with E-state index in [2.05, 4.69) is 4.98 Å². The van der Waals surface area contributed by atoms with Crippen molar-refractivity contribution >= 4 is 11.6 Å². The molecule has 0 aliphatic heterocycles. The van der Waals surface area contributed by atoms with Crippen LogP contribution in [0.15, 0.2) is 36.8 Å². The summed E-state index contributed by atoms with van der Waals surface area (Å²) in [5, 5.41) is 0. The van der Waals surface area contributed by atoms with Crippen LogP contribution < -0.4 is 10.6 Å². The second-order valence-electron chi connectivity index (χ2n) is 4.49. The van der Waals surface area contributed by atoms with Gasteiger partial charge in [-0.1, -0.05) is 12.1 Å². The van der Waals surface area contributed by atoms with E-state index in [0.717, 1.165) is 11.3 Å². The molecule has 0 aliphatic carbocycles. The molecule has 1 aromatic heterocycles. The topological polar surface area (TPSA) is 64.2 Å². The molecule has 100 valence electrons. The summed E-state index contributed by atoms with van der Waals surface area (Å²) in [6.45, 7) is 3.18. The maximum Gasteiger partial charge on any atom is 0.278 e. The number of amides is 1. The second-order valence-corrected chi connectivity index (χ2v) is 4.49. The summed E-state index contributed by atoms with van der Waals surface area (Å²) in [5.41, 5.74) is 7.87. The maximum atomic E-state index is 12.3. The Hall–Kier alpha value is -2.14. The van der Waals surface area contributed by atoms with Gasteiger partial charge in [-0.15, -0.1) is 0 Å². The third-order valence-electron chi connectivity index (χ3n) is 2.93. The number of benzene rings is 1. The first kappa shape index (κ1) is 13.3. The van der Waals surface area contributed by atoms with E-state index in [0.29, 0.717) is 18.8 Å². The van der Waals surface area contributed by atoms with Crippen molar-refractivity contribution in [2.45, 2.75) is 13.5 Å². The van der Waals surface area contributed by atoms with Crippen LogP contribution in [-0.2, 0) is 6.54 Å². The first-order chi connectivity index (χ1) is 9.11. The zero-order valence-corrected chi connectivity index (χ0v) is 11.2. The van der Waals surface area contributed by atoms with Crippen molar-refractivity contribution in [1.29, 1.82) is 0 Å². The van der Waals surface area contributed by atoms with Crippen molar-refractivity contribution in [3.8, 4) is 0 Å². The molecule has 2 N–H and O–H groups in total. The average Bonchev–Trinajstić information content (AvgIpc) is 2.86. The highest BCUT2D eigenvalue weighted by atomic mass is 16.2. The zero-order valence-electron chi connectivity index (χ0n) is 11.2. The molecule has 0 saturated heterocycles. The molecule has 2 rings (SSSR count). The molecule has 5 heteroatoms. The fourth-order valence-electron chi connectivity index (χ4n) is 1.87. The number of imidazole rings is 1. The zero-order chi connectivity index (χ0) is 13.8. The number of nitrogens with zero attached hydrogens (tertiary/aromatic N) is 3. The molecule has 5 nitrogen and oxygen atoms in total. The number of rotatable bonds is 4. The second kappa shape index (κ2) is 5.67. The molecule has 0 aliphatic rings. The van der Waals surface area contributed by atoms with Crippen LogP contribution in [0.25, 0.3) is 0 Å². The summed E-state index contributed by atoms with van der Waals surface area (Å²) < 4.78 is 1.82. The van der Waals surface area contributed by atoms with Gasteiger partial charge in [-0.3, -0.25) is 4.79 Å². The SMILES string of the molecule is Cc1cccc(N(C)C(=O)c2cn(CCN)cn2)c1. The van der Waals surface area contributed by atoms with Gasteiger partial charge in [0.05, 0.1) is 6.33 Å². The maximum absolute atomic E-state index is 12.3. The fourth-order valence-corrected chi connectivity index (χ4v) is 1.87. The predicted octanol–water partition coefficient (Wildman–Crippen LogP) is 1.43. The van der Waals surface area contributed by atoms with Gasteiger partial charge in [0.1, 0.15) is 5.69 Å². The van der Waals surface area contributed by atoms with Crippen LogP contribution in [0.3, 0.4) is 0 Å². The largest absolute Gasteiger partial charge is 0.335 e.